The highest BCUT2D eigenvalue weighted by Crippen LogP contribution is 2.10. The monoisotopic (exact) mass is 282 g/mol. The van der Waals surface area contributed by atoms with Gasteiger partial charge in [-0.3, -0.25) is 0 Å². The van der Waals surface area contributed by atoms with Gasteiger partial charge in [0.1, 0.15) is 5.82 Å². The van der Waals surface area contributed by atoms with E-state index in [0.29, 0.717) is 31.3 Å². The zero-order chi connectivity index (χ0) is 14.8. The van der Waals surface area contributed by atoms with Crippen LogP contribution in [0, 0.1) is 6.92 Å². The van der Waals surface area contributed by atoms with Crippen molar-refractivity contribution >= 4 is 11.8 Å². The second-order valence-corrected chi connectivity index (χ2v) is 4.43. The molecule has 0 aliphatic carbocycles. The molecule has 6 nitrogen and oxygen atoms in total. The number of pyridine rings is 1. The Morgan fingerprint density at radius 1 is 1.30 bits per heavy atom. The summed E-state index contributed by atoms with van der Waals surface area (Å²) in [7, 11) is 1.65. The summed E-state index contributed by atoms with van der Waals surface area (Å²) in [5.74, 6) is -0.340. The molecule has 0 unspecified atom stereocenters. The van der Waals surface area contributed by atoms with E-state index in [1.165, 1.54) is 0 Å². The summed E-state index contributed by atoms with van der Waals surface area (Å²) in [6.45, 7) is 4.45. The molecule has 1 rings (SSSR count). The third kappa shape index (κ3) is 6.49. The van der Waals surface area contributed by atoms with Crippen LogP contribution in [-0.2, 0) is 9.47 Å². The lowest BCUT2D eigenvalue weighted by Gasteiger charge is -2.08. The van der Waals surface area contributed by atoms with Gasteiger partial charge in [-0.25, -0.2) is 9.78 Å². The molecule has 1 aromatic heterocycles. The predicted molar refractivity (Wildman–Crippen MR) is 76.4 cm³/mol. The summed E-state index contributed by atoms with van der Waals surface area (Å²) in [4.78, 5) is 15.2. The van der Waals surface area contributed by atoms with E-state index in [4.69, 9.17) is 14.6 Å². The highest BCUT2D eigenvalue weighted by molar-refractivity contribution is 5.88. The van der Waals surface area contributed by atoms with Crippen molar-refractivity contribution in [2.45, 2.75) is 19.8 Å². The number of rotatable bonds is 10. The summed E-state index contributed by atoms with van der Waals surface area (Å²) >= 11 is 0. The summed E-state index contributed by atoms with van der Waals surface area (Å²) in [6, 6.07) is 3.10. The number of nitrogens with one attached hydrogen (secondary N) is 1. The topological polar surface area (TPSA) is 80.7 Å². The average molecular weight is 282 g/mol. The number of aromatic nitrogens is 1. The van der Waals surface area contributed by atoms with Crippen molar-refractivity contribution in [3.63, 3.8) is 0 Å². The molecule has 112 valence electrons. The second-order valence-electron chi connectivity index (χ2n) is 4.43. The number of hydrogen-bond acceptors (Lipinski definition) is 5. The molecule has 0 saturated carbocycles. The predicted octanol–water partition coefficient (Wildman–Crippen LogP) is 1.94. The SMILES string of the molecule is COCCOCCCCNc1cc(C(=O)O)cc(C)n1. The van der Waals surface area contributed by atoms with Crippen LogP contribution >= 0.6 is 0 Å². The highest BCUT2D eigenvalue weighted by Gasteiger charge is 2.06. The number of unbranched alkanes of at least 4 members (excludes halogenated alkanes) is 1. The van der Waals surface area contributed by atoms with Crippen molar-refractivity contribution < 1.29 is 19.4 Å². The Kier molecular flexibility index (Phi) is 7.60. The lowest BCUT2D eigenvalue weighted by atomic mass is 10.2. The molecule has 2 N–H and O–H groups in total. The molecule has 0 atom stereocenters. The van der Waals surface area contributed by atoms with Gasteiger partial charge in [-0.15, -0.1) is 0 Å². The minimum Gasteiger partial charge on any atom is -0.478 e. The van der Waals surface area contributed by atoms with Gasteiger partial charge in [0, 0.05) is 26.0 Å². The molecule has 1 heterocycles. The van der Waals surface area contributed by atoms with Crippen LogP contribution in [0.2, 0.25) is 0 Å². The highest BCUT2D eigenvalue weighted by atomic mass is 16.5. The fourth-order valence-electron chi connectivity index (χ4n) is 1.67. The molecule has 0 amide bonds. The molecule has 0 bridgehead atoms. The molecule has 0 radical (unpaired) electrons. The first kappa shape index (κ1) is 16.4. The van der Waals surface area contributed by atoms with Gasteiger partial charge in [0.05, 0.1) is 18.8 Å². The quantitative estimate of drug-likeness (QED) is 0.638. The standard InChI is InChI=1S/C14H22N2O4/c1-11-9-12(14(17)18)10-13(16-11)15-5-3-4-6-20-8-7-19-2/h9-10H,3-8H2,1-2H3,(H,15,16)(H,17,18). The minimum atomic E-state index is -0.940. The van der Waals surface area contributed by atoms with Gasteiger partial charge < -0.3 is 19.9 Å². The molecule has 0 fully saturated rings. The fourth-order valence-corrected chi connectivity index (χ4v) is 1.67. The summed E-state index contributed by atoms with van der Waals surface area (Å²) in [6.07, 6.45) is 1.87. The van der Waals surface area contributed by atoms with Crippen molar-refractivity contribution in [1.29, 1.82) is 0 Å². The number of ether oxygens (including phenoxy) is 2. The second kappa shape index (κ2) is 9.28. The van der Waals surface area contributed by atoms with E-state index < -0.39 is 5.97 Å². The van der Waals surface area contributed by atoms with Crippen LogP contribution in [0.15, 0.2) is 12.1 Å². The number of aryl methyl sites for hydroxylation is 1. The van der Waals surface area contributed by atoms with Crippen LogP contribution in [-0.4, -0.2) is 49.5 Å². The number of aromatic carboxylic acids is 1. The molecule has 0 aromatic carbocycles. The molecule has 0 saturated heterocycles. The molecular weight excluding hydrogens is 260 g/mol. The number of methoxy groups -OCH3 is 1. The molecule has 20 heavy (non-hydrogen) atoms. The molecule has 0 spiro atoms. The van der Waals surface area contributed by atoms with Gasteiger partial charge in [0.25, 0.3) is 0 Å². The van der Waals surface area contributed by atoms with E-state index in [1.54, 1.807) is 26.2 Å². The largest absolute Gasteiger partial charge is 0.478 e. The van der Waals surface area contributed by atoms with Crippen molar-refractivity contribution in [3.8, 4) is 0 Å². The van der Waals surface area contributed by atoms with Crippen molar-refractivity contribution in [3.05, 3.63) is 23.4 Å². The number of anilines is 1. The normalized spacial score (nSPS) is 10.5. The average Bonchev–Trinajstić information content (AvgIpc) is 2.41. The minimum absolute atomic E-state index is 0.253. The zero-order valence-corrected chi connectivity index (χ0v) is 12.0. The summed E-state index contributed by atoms with van der Waals surface area (Å²) < 4.78 is 10.2. The van der Waals surface area contributed by atoms with Crippen LogP contribution < -0.4 is 5.32 Å². The number of nitrogens with zero attached hydrogens (tertiary/aromatic N) is 1. The molecule has 1 aromatic rings. The Labute approximate surface area is 119 Å². The van der Waals surface area contributed by atoms with Gasteiger partial charge in [0.2, 0.25) is 0 Å². The number of hydrogen-bond donors (Lipinski definition) is 2. The number of carboxylic acids is 1. The van der Waals surface area contributed by atoms with E-state index in [1.807, 2.05) is 0 Å². The van der Waals surface area contributed by atoms with Gasteiger partial charge in [-0.2, -0.15) is 0 Å². The smallest absolute Gasteiger partial charge is 0.335 e. The van der Waals surface area contributed by atoms with Gasteiger partial charge in [-0.1, -0.05) is 0 Å². The Hall–Kier alpha value is -1.66. The van der Waals surface area contributed by atoms with E-state index in [2.05, 4.69) is 10.3 Å². The summed E-state index contributed by atoms with van der Waals surface area (Å²) in [5, 5.41) is 12.1. The van der Waals surface area contributed by atoms with Crippen LogP contribution in [0.4, 0.5) is 5.82 Å². The lowest BCUT2D eigenvalue weighted by molar-refractivity contribution is 0.0691. The van der Waals surface area contributed by atoms with E-state index in [-0.39, 0.29) is 5.56 Å². The van der Waals surface area contributed by atoms with E-state index >= 15 is 0 Å². The van der Waals surface area contributed by atoms with Crippen molar-refractivity contribution in [1.82, 2.24) is 4.98 Å². The molecule has 0 aliphatic heterocycles. The Bertz CT molecular complexity index is 424. The third-order valence-electron chi connectivity index (χ3n) is 2.65. The van der Waals surface area contributed by atoms with Crippen LogP contribution in [0.1, 0.15) is 28.9 Å². The van der Waals surface area contributed by atoms with Gasteiger partial charge >= 0.3 is 5.97 Å². The van der Waals surface area contributed by atoms with Crippen molar-refractivity contribution in [2.75, 3.05) is 38.8 Å². The first-order valence-corrected chi connectivity index (χ1v) is 6.66. The fraction of sp³-hybridized carbons (Fsp3) is 0.571. The van der Waals surface area contributed by atoms with E-state index in [9.17, 15) is 4.79 Å². The molecule has 0 aliphatic rings. The Balaban J connectivity index is 2.23. The van der Waals surface area contributed by atoms with Crippen LogP contribution in [0.25, 0.3) is 0 Å². The maximum atomic E-state index is 10.9. The van der Waals surface area contributed by atoms with E-state index in [0.717, 1.165) is 19.4 Å². The molecular formula is C14H22N2O4. The Morgan fingerprint density at radius 3 is 2.80 bits per heavy atom. The van der Waals surface area contributed by atoms with Crippen LogP contribution in [0.5, 0.6) is 0 Å². The molecule has 6 heteroatoms. The number of carboxylic acid groups (broad SMARTS) is 1. The van der Waals surface area contributed by atoms with Gasteiger partial charge in [0.15, 0.2) is 0 Å². The lowest BCUT2D eigenvalue weighted by Crippen LogP contribution is -2.08. The first-order valence-electron chi connectivity index (χ1n) is 6.66. The van der Waals surface area contributed by atoms with Gasteiger partial charge in [-0.05, 0) is 31.9 Å². The maximum absolute atomic E-state index is 10.9. The third-order valence-corrected chi connectivity index (χ3v) is 2.65. The van der Waals surface area contributed by atoms with Crippen molar-refractivity contribution in [2.24, 2.45) is 0 Å². The first-order chi connectivity index (χ1) is 9.63. The zero-order valence-electron chi connectivity index (χ0n) is 12.0. The number of carbonyl (C=O) groups is 1. The Morgan fingerprint density at radius 2 is 2.10 bits per heavy atom. The summed E-state index contributed by atoms with van der Waals surface area (Å²) in [5.41, 5.74) is 0.943. The van der Waals surface area contributed by atoms with Crippen LogP contribution in [0.3, 0.4) is 0 Å². The maximum Gasteiger partial charge on any atom is 0.335 e.